The molecule has 0 radical (unpaired) electrons. The quantitative estimate of drug-likeness (QED) is 0.0240. The van der Waals surface area contributed by atoms with E-state index in [1.165, 1.54) is 103 Å². The summed E-state index contributed by atoms with van der Waals surface area (Å²) in [5, 5.41) is 19.1. The summed E-state index contributed by atoms with van der Waals surface area (Å²) in [6.07, 6.45) is 33.3. The lowest BCUT2D eigenvalue weighted by Gasteiger charge is -2.20. The van der Waals surface area contributed by atoms with Gasteiger partial charge in [0.15, 0.2) is 0 Å². The molecular formula is C40H77O10P. The van der Waals surface area contributed by atoms with E-state index < -0.39 is 58.4 Å². The molecule has 3 atom stereocenters. The highest BCUT2D eigenvalue weighted by Crippen LogP contribution is 2.43. The predicted molar refractivity (Wildman–Crippen MR) is 205 cm³/mol. The second kappa shape index (κ2) is 37.0. The van der Waals surface area contributed by atoms with Crippen molar-refractivity contribution in [1.29, 1.82) is 0 Å². The highest BCUT2D eigenvalue weighted by molar-refractivity contribution is 7.47. The molecule has 0 aromatic rings. The molecule has 3 unspecified atom stereocenters. The Labute approximate surface area is 311 Å². The number of allylic oxidation sites excluding steroid dienone is 2. The molecule has 0 amide bonds. The topological polar surface area (TPSA) is 149 Å². The summed E-state index contributed by atoms with van der Waals surface area (Å²) in [5.74, 6) is -1.02. The monoisotopic (exact) mass is 749 g/mol. The molecule has 0 heterocycles. The third-order valence-corrected chi connectivity index (χ3v) is 9.93. The molecule has 0 bridgehead atoms. The highest BCUT2D eigenvalue weighted by atomic mass is 31.2. The SMILES string of the molecule is CCCCCCCCC/C=C\CCCCCCCC(=O)OC(CO)COP(=O)(O)OCC(CO)OC(=O)CCCCCCCCCCCCCC. The average molecular weight is 749 g/mol. The Bertz CT molecular complexity index is 868. The molecule has 0 fully saturated rings. The number of hydrogen-bond acceptors (Lipinski definition) is 9. The smallest absolute Gasteiger partial charge is 0.457 e. The molecule has 3 N–H and O–H groups in total. The van der Waals surface area contributed by atoms with Crippen molar-refractivity contribution in [3.8, 4) is 0 Å². The van der Waals surface area contributed by atoms with Crippen LogP contribution in [0.4, 0.5) is 0 Å². The predicted octanol–water partition coefficient (Wildman–Crippen LogP) is 10.4. The van der Waals surface area contributed by atoms with Crippen LogP contribution in [0.5, 0.6) is 0 Å². The fraction of sp³-hybridized carbons (Fsp3) is 0.900. The van der Waals surface area contributed by atoms with Crippen molar-refractivity contribution in [2.45, 2.75) is 206 Å². The zero-order valence-corrected chi connectivity index (χ0v) is 33.5. The number of aliphatic hydroxyl groups excluding tert-OH is 2. The van der Waals surface area contributed by atoms with E-state index in [9.17, 15) is 29.3 Å². The Hall–Kier alpha value is -1.29. The van der Waals surface area contributed by atoms with E-state index in [0.29, 0.717) is 12.8 Å². The molecule has 0 aliphatic rings. The van der Waals surface area contributed by atoms with E-state index >= 15 is 0 Å². The lowest BCUT2D eigenvalue weighted by Crippen LogP contribution is -2.28. The van der Waals surface area contributed by atoms with Crippen molar-refractivity contribution in [2.24, 2.45) is 0 Å². The Balaban J connectivity index is 3.94. The first-order valence-corrected chi connectivity index (χ1v) is 22.1. The number of esters is 2. The lowest BCUT2D eigenvalue weighted by molar-refractivity contribution is -0.153. The second-order valence-corrected chi connectivity index (χ2v) is 15.4. The van der Waals surface area contributed by atoms with Crippen LogP contribution in [-0.2, 0) is 32.7 Å². The number of aliphatic hydroxyl groups is 2. The molecule has 0 saturated heterocycles. The Morgan fingerprint density at radius 2 is 0.804 bits per heavy atom. The molecule has 11 heteroatoms. The van der Waals surface area contributed by atoms with Gasteiger partial charge in [0.25, 0.3) is 0 Å². The van der Waals surface area contributed by atoms with Crippen molar-refractivity contribution in [3.05, 3.63) is 12.2 Å². The van der Waals surface area contributed by atoms with Gasteiger partial charge < -0.3 is 24.6 Å². The number of hydrogen-bond donors (Lipinski definition) is 3. The maximum atomic E-state index is 12.3. The van der Waals surface area contributed by atoms with Gasteiger partial charge in [0, 0.05) is 12.8 Å². The minimum atomic E-state index is -4.63. The molecular weight excluding hydrogens is 671 g/mol. The van der Waals surface area contributed by atoms with Gasteiger partial charge in [-0.05, 0) is 38.5 Å². The Kier molecular flexibility index (Phi) is 36.1. The van der Waals surface area contributed by atoms with Crippen LogP contribution >= 0.6 is 7.82 Å². The third-order valence-electron chi connectivity index (χ3n) is 8.98. The van der Waals surface area contributed by atoms with Gasteiger partial charge in [-0.25, -0.2) is 4.57 Å². The van der Waals surface area contributed by atoms with Gasteiger partial charge in [0.2, 0.25) is 0 Å². The molecule has 0 aromatic heterocycles. The lowest BCUT2D eigenvalue weighted by atomic mass is 10.0. The minimum absolute atomic E-state index is 0.185. The zero-order valence-electron chi connectivity index (χ0n) is 32.6. The maximum absolute atomic E-state index is 12.3. The summed E-state index contributed by atoms with van der Waals surface area (Å²) in [6.45, 7) is 2.20. The highest BCUT2D eigenvalue weighted by Gasteiger charge is 2.27. The zero-order chi connectivity index (χ0) is 37.7. The first-order chi connectivity index (χ1) is 24.8. The van der Waals surface area contributed by atoms with Crippen molar-refractivity contribution in [3.63, 3.8) is 0 Å². The molecule has 10 nitrogen and oxygen atoms in total. The maximum Gasteiger partial charge on any atom is 0.472 e. The van der Waals surface area contributed by atoms with Crippen molar-refractivity contribution >= 4 is 19.8 Å². The minimum Gasteiger partial charge on any atom is -0.457 e. The fourth-order valence-electron chi connectivity index (χ4n) is 5.76. The van der Waals surface area contributed by atoms with E-state index in [4.69, 9.17) is 18.5 Å². The largest absolute Gasteiger partial charge is 0.472 e. The summed E-state index contributed by atoms with van der Waals surface area (Å²) in [4.78, 5) is 34.4. The molecule has 0 rings (SSSR count). The van der Waals surface area contributed by atoms with Crippen LogP contribution in [-0.4, -0.2) is 65.7 Å². The third kappa shape index (κ3) is 35.5. The van der Waals surface area contributed by atoms with Gasteiger partial charge in [-0.15, -0.1) is 0 Å². The first-order valence-electron chi connectivity index (χ1n) is 20.6. The van der Waals surface area contributed by atoms with Crippen LogP contribution in [0.2, 0.25) is 0 Å². The van der Waals surface area contributed by atoms with Crippen LogP contribution < -0.4 is 0 Å². The van der Waals surface area contributed by atoms with Crippen LogP contribution in [0.25, 0.3) is 0 Å². The van der Waals surface area contributed by atoms with Gasteiger partial charge >= 0.3 is 19.8 Å². The van der Waals surface area contributed by atoms with E-state index in [1.54, 1.807) is 0 Å². The summed E-state index contributed by atoms with van der Waals surface area (Å²) >= 11 is 0. The Morgan fingerprint density at radius 1 is 0.510 bits per heavy atom. The standard InChI is InChI=1S/C40H77O10P/c1-3-5-7-9-11-13-15-17-18-19-20-22-24-26-28-30-32-40(44)50-38(34-42)36-48-51(45,46)47-35-37(33-41)49-39(43)31-29-27-25-23-21-16-14-12-10-8-6-4-2/h18-19,37-38,41-42H,3-17,20-36H2,1-2H3,(H,45,46)/b19-18-. The van der Waals surface area contributed by atoms with Gasteiger partial charge in [0.05, 0.1) is 26.4 Å². The summed E-state index contributed by atoms with van der Waals surface area (Å²) in [6, 6.07) is 0. The number of unbranched alkanes of at least 4 members (excludes halogenated alkanes) is 23. The normalized spacial score (nSPS) is 14.1. The molecule has 0 spiro atoms. The molecule has 0 saturated carbocycles. The summed E-state index contributed by atoms with van der Waals surface area (Å²) in [7, 11) is -4.63. The van der Waals surface area contributed by atoms with Gasteiger partial charge in [-0.1, -0.05) is 154 Å². The number of phosphoric ester groups is 1. The van der Waals surface area contributed by atoms with Crippen LogP contribution in [0, 0.1) is 0 Å². The van der Waals surface area contributed by atoms with E-state index in [0.717, 1.165) is 51.4 Å². The molecule has 0 aliphatic carbocycles. The van der Waals surface area contributed by atoms with Crippen molar-refractivity contribution in [1.82, 2.24) is 0 Å². The Morgan fingerprint density at radius 3 is 1.12 bits per heavy atom. The van der Waals surface area contributed by atoms with Crippen LogP contribution in [0.15, 0.2) is 12.2 Å². The van der Waals surface area contributed by atoms with Crippen LogP contribution in [0.1, 0.15) is 194 Å². The molecule has 302 valence electrons. The van der Waals surface area contributed by atoms with Gasteiger partial charge in [0.1, 0.15) is 12.2 Å². The van der Waals surface area contributed by atoms with Crippen molar-refractivity contribution in [2.75, 3.05) is 26.4 Å². The number of rotatable bonds is 39. The van der Waals surface area contributed by atoms with E-state index in [1.807, 2.05) is 0 Å². The second-order valence-electron chi connectivity index (χ2n) is 14.0. The van der Waals surface area contributed by atoms with E-state index in [-0.39, 0.29) is 12.8 Å². The summed E-state index contributed by atoms with van der Waals surface area (Å²) in [5.41, 5.74) is 0. The first kappa shape index (κ1) is 49.7. The van der Waals surface area contributed by atoms with Crippen molar-refractivity contribution < 1.29 is 47.8 Å². The summed E-state index contributed by atoms with van der Waals surface area (Å²) < 4.78 is 32.5. The van der Waals surface area contributed by atoms with Crippen LogP contribution in [0.3, 0.4) is 0 Å². The molecule has 51 heavy (non-hydrogen) atoms. The number of ether oxygens (including phenoxy) is 2. The number of carbonyl (C=O) groups excluding carboxylic acids is 2. The number of phosphoric acid groups is 1. The van der Waals surface area contributed by atoms with Gasteiger partial charge in [-0.2, -0.15) is 0 Å². The average Bonchev–Trinajstić information content (AvgIpc) is 3.12. The molecule has 0 aromatic carbocycles. The van der Waals surface area contributed by atoms with Gasteiger partial charge in [-0.3, -0.25) is 18.6 Å². The molecule has 0 aliphatic heterocycles. The number of carbonyl (C=O) groups is 2. The fourth-order valence-corrected chi connectivity index (χ4v) is 6.54. The van der Waals surface area contributed by atoms with E-state index in [2.05, 4.69) is 26.0 Å².